The zero-order valence-electron chi connectivity index (χ0n) is 13.2. The monoisotopic (exact) mass is 323 g/mol. The summed E-state index contributed by atoms with van der Waals surface area (Å²) in [6, 6.07) is 27.0. The largest absolute Gasteiger partial charge is 0.497 e. The van der Waals surface area contributed by atoms with E-state index in [4.69, 9.17) is 9.47 Å². The van der Waals surface area contributed by atoms with Crippen LogP contribution in [0.1, 0.15) is 0 Å². The molecule has 0 atom stereocenters. The summed E-state index contributed by atoms with van der Waals surface area (Å²) in [6.45, 7) is 0. The van der Waals surface area contributed by atoms with Crippen molar-refractivity contribution in [2.24, 2.45) is 0 Å². The van der Waals surface area contributed by atoms with Crippen LogP contribution in [0.2, 0.25) is 0 Å². The van der Waals surface area contributed by atoms with E-state index in [9.17, 15) is 0 Å². The minimum Gasteiger partial charge on any atom is -0.497 e. The average molecular weight is 323 g/mol. The third kappa shape index (κ3) is 3.35. The molecule has 0 aliphatic rings. The van der Waals surface area contributed by atoms with Gasteiger partial charge in [-0.25, -0.2) is 0 Å². The van der Waals surface area contributed by atoms with Gasteiger partial charge in [0.15, 0.2) is 15.5 Å². The highest BCUT2D eigenvalue weighted by atomic mass is 32.2. The maximum atomic E-state index is 5.62. The molecule has 3 heteroatoms. The summed E-state index contributed by atoms with van der Waals surface area (Å²) in [5.74, 6) is 1.71. The molecule has 0 aliphatic carbocycles. The summed E-state index contributed by atoms with van der Waals surface area (Å²) >= 11 is 0. The van der Waals surface area contributed by atoms with Crippen molar-refractivity contribution in [2.75, 3.05) is 14.2 Å². The second-order valence-electron chi connectivity index (χ2n) is 4.95. The quantitative estimate of drug-likeness (QED) is 0.628. The van der Waals surface area contributed by atoms with Gasteiger partial charge in [0.05, 0.1) is 14.2 Å². The van der Waals surface area contributed by atoms with E-state index in [1.54, 1.807) is 14.2 Å². The highest BCUT2D eigenvalue weighted by Crippen LogP contribution is 2.38. The van der Waals surface area contributed by atoms with Crippen molar-refractivity contribution in [1.82, 2.24) is 0 Å². The Morgan fingerprint density at radius 2 is 1.22 bits per heavy atom. The van der Waals surface area contributed by atoms with Crippen molar-refractivity contribution >= 4 is 10.9 Å². The van der Waals surface area contributed by atoms with E-state index in [1.165, 1.54) is 9.79 Å². The van der Waals surface area contributed by atoms with E-state index in [2.05, 4.69) is 54.6 Å². The van der Waals surface area contributed by atoms with E-state index in [1.807, 2.05) is 24.3 Å². The zero-order valence-corrected chi connectivity index (χ0v) is 14.0. The molecule has 23 heavy (non-hydrogen) atoms. The molecule has 0 aliphatic heterocycles. The first-order valence-electron chi connectivity index (χ1n) is 7.40. The molecule has 0 fully saturated rings. The van der Waals surface area contributed by atoms with E-state index < -0.39 is 0 Å². The van der Waals surface area contributed by atoms with Crippen LogP contribution in [0.5, 0.6) is 11.5 Å². The van der Waals surface area contributed by atoms with Gasteiger partial charge in [-0.2, -0.15) is 0 Å². The fourth-order valence-electron chi connectivity index (χ4n) is 2.45. The molecule has 3 rings (SSSR count). The molecule has 0 heterocycles. The third-order valence-electron chi connectivity index (χ3n) is 3.55. The van der Waals surface area contributed by atoms with Crippen LogP contribution in [0.4, 0.5) is 0 Å². The molecule has 2 nitrogen and oxygen atoms in total. The Balaban J connectivity index is 2.20. The van der Waals surface area contributed by atoms with Gasteiger partial charge in [-0.3, -0.25) is 0 Å². The molecule has 116 valence electrons. The molecule has 0 saturated carbocycles. The first kappa shape index (κ1) is 15.5. The predicted molar refractivity (Wildman–Crippen MR) is 94.6 cm³/mol. The van der Waals surface area contributed by atoms with Gasteiger partial charge in [-0.15, -0.1) is 0 Å². The Labute approximate surface area is 140 Å². The summed E-state index contributed by atoms with van der Waals surface area (Å²) in [7, 11) is 3.16. The molecular weight excluding hydrogens is 304 g/mol. The highest BCUT2D eigenvalue weighted by molar-refractivity contribution is 7.97. The van der Waals surface area contributed by atoms with E-state index in [-0.39, 0.29) is 10.9 Å². The topological polar surface area (TPSA) is 18.5 Å². The Kier molecular flexibility index (Phi) is 4.89. The van der Waals surface area contributed by atoms with Gasteiger partial charge in [-0.1, -0.05) is 36.4 Å². The highest BCUT2D eigenvalue weighted by Gasteiger charge is 2.32. The minimum atomic E-state index is -0.243. The Morgan fingerprint density at radius 3 is 1.70 bits per heavy atom. The van der Waals surface area contributed by atoms with Gasteiger partial charge in [0.2, 0.25) is 4.90 Å². The summed E-state index contributed by atoms with van der Waals surface area (Å²) in [5.41, 5.74) is 0. The van der Waals surface area contributed by atoms with Crippen LogP contribution in [0.3, 0.4) is 0 Å². The van der Waals surface area contributed by atoms with Crippen LogP contribution in [0, 0.1) is 0 Å². The maximum Gasteiger partial charge on any atom is 0.211 e. The molecule has 0 N–H and O–H groups in total. The van der Waals surface area contributed by atoms with Gasteiger partial charge in [0.1, 0.15) is 16.6 Å². The summed E-state index contributed by atoms with van der Waals surface area (Å²) in [5, 5.41) is 0. The van der Waals surface area contributed by atoms with Gasteiger partial charge >= 0.3 is 0 Å². The van der Waals surface area contributed by atoms with Crippen molar-refractivity contribution in [3.05, 3.63) is 78.9 Å². The van der Waals surface area contributed by atoms with Crippen LogP contribution in [-0.4, -0.2) is 14.2 Å². The van der Waals surface area contributed by atoms with Crippen molar-refractivity contribution in [1.29, 1.82) is 0 Å². The smallest absolute Gasteiger partial charge is 0.211 e. The van der Waals surface area contributed by atoms with Crippen LogP contribution in [0.25, 0.3) is 0 Å². The number of ether oxygens (including phenoxy) is 2. The average Bonchev–Trinajstić information content (AvgIpc) is 2.63. The lowest BCUT2D eigenvalue weighted by Gasteiger charge is -2.12. The summed E-state index contributed by atoms with van der Waals surface area (Å²) in [4.78, 5) is 3.64. The van der Waals surface area contributed by atoms with Crippen molar-refractivity contribution in [2.45, 2.75) is 14.7 Å². The van der Waals surface area contributed by atoms with Crippen molar-refractivity contribution in [3.63, 3.8) is 0 Å². The van der Waals surface area contributed by atoms with E-state index >= 15 is 0 Å². The summed E-state index contributed by atoms with van der Waals surface area (Å²) in [6.07, 6.45) is 0. The third-order valence-corrected chi connectivity index (χ3v) is 5.79. The number of hydrogen-bond acceptors (Lipinski definition) is 2. The molecule has 0 radical (unpaired) electrons. The van der Waals surface area contributed by atoms with Gasteiger partial charge in [0, 0.05) is 6.07 Å². The Bertz CT molecular complexity index is 718. The number of methoxy groups -OCH3 is 2. The normalized spacial score (nSPS) is 10.6. The van der Waals surface area contributed by atoms with E-state index in [0.717, 1.165) is 16.4 Å². The lowest BCUT2D eigenvalue weighted by atomic mass is 10.3. The van der Waals surface area contributed by atoms with Crippen LogP contribution in [-0.2, 0) is 10.9 Å². The molecule has 3 aromatic rings. The Hall–Kier alpha value is -2.39. The van der Waals surface area contributed by atoms with Crippen molar-refractivity contribution in [3.8, 4) is 11.5 Å². The maximum absolute atomic E-state index is 5.62. The second kappa shape index (κ2) is 7.25. The molecular formula is C20H19O2S+. The lowest BCUT2D eigenvalue weighted by Crippen LogP contribution is -2.07. The van der Waals surface area contributed by atoms with Gasteiger partial charge in [0.25, 0.3) is 0 Å². The van der Waals surface area contributed by atoms with Gasteiger partial charge in [-0.05, 0) is 36.4 Å². The standard InChI is InChI=1S/C20H19O2S/c1-21-16-13-14-19(22-2)20(15-16)23(17-9-5-3-6-10-17)18-11-7-4-8-12-18/h3-15H,1-2H3/q+1. The molecule has 0 bridgehead atoms. The number of benzene rings is 3. The Morgan fingerprint density at radius 1 is 0.652 bits per heavy atom. The molecule has 3 aromatic carbocycles. The second-order valence-corrected chi connectivity index (χ2v) is 6.94. The molecule has 0 unspecified atom stereocenters. The molecule has 0 spiro atoms. The lowest BCUT2D eigenvalue weighted by molar-refractivity contribution is 0.394. The number of rotatable bonds is 5. The molecule has 0 saturated heterocycles. The van der Waals surface area contributed by atoms with Gasteiger partial charge < -0.3 is 9.47 Å². The fourth-order valence-corrected chi connectivity index (χ4v) is 4.67. The van der Waals surface area contributed by atoms with E-state index in [0.29, 0.717) is 0 Å². The first-order valence-corrected chi connectivity index (χ1v) is 8.62. The molecule has 0 aromatic heterocycles. The van der Waals surface area contributed by atoms with Crippen molar-refractivity contribution < 1.29 is 9.47 Å². The number of hydrogen-bond donors (Lipinski definition) is 0. The molecule has 0 amide bonds. The predicted octanol–water partition coefficient (Wildman–Crippen LogP) is 4.80. The fraction of sp³-hybridized carbons (Fsp3) is 0.100. The van der Waals surface area contributed by atoms with Crippen LogP contribution in [0.15, 0.2) is 93.5 Å². The zero-order chi connectivity index (χ0) is 16.1. The summed E-state index contributed by atoms with van der Waals surface area (Å²) < 4.78 is 11.0. The van der Waals surface area contributed by atoms with Crippen LogP contribution >= 0.6 is 0 Å². The minimum absolute atomic E-state index is 0.243. The SMILES string of the molecule is COc1ccc(OC)c([S+](c2ccccc2)c2ccccc2)c1. The first-order chi connectivity index (χ1) is 11.3. The van der Waals surface area contributed by atoms with Crippen LogP contribution < -0.4 is 9.47 Å².